The summed E-state index contributed by atoms with van der Waals surface area (Å²) in [6, 6.07) is 6.20. The highest BCUT2D eigenvalue weighted by atomic mass is 32.2. The van der Waals surface area contributed by atoms with Gasteiger partial charge in [-0.05, 0) is 19.1 Å². The van der Waals surface area contributed by atoms with Crippen molar-refractivity contribution >= 4 is 27.3 Å². The van der Waals surface area contributed by atoms with Gasteiger partial charge < -0.3 is 0 Å². The molecule has 0 bridgehead atoms. The molecule has 1 amide bonds. The van der Waals surface area contributed by atoms with Gasteiger partial charge in [0.2, 0.25) is 0 Å². The zero-order valence-corrected chi connectivity index (χ0v) is 14.1. The highest BCUT2D eigenvalue weighted by Crippen LogP contribution is 2.21. The number of thiazole rings is 1. The van der Waals surface area contributed by atoms with Crippen molar-refractivity contribution in [1.29, 1.82) is 0 Å². The maximum atomic E-state index is 12.2. The number of carbonyl (C=O) groups is 1. The average molecular weight is 360 g/mol. The van der Waals surface area contributed by atoms with E-state index in [0.29, 0.717) is 10.7 Å². The lowest BCUT2D eigenvalue weighted by Gasteiger charge is -2.05. The van der Waals surface area contributed by atoms with E-state index >= 15 is 0 Å². The molecule has 1 aromatic carbocycles. The molecule has 122 valence electrons. The Morgan fingerprint density at radius 2 is 1.92 bits per heavy atom. The number of amides is 1. The van der Waals surface area contributed by atoms with Gasteiger partial charge >= 0.3 is 0 Å². The van der Waals surface area contributed by atoms with Crippen LogP contribution in [0.2, 0.25) is 0 Å². The first kappa shape index (κ1) is 16.2. The van der Waals surface area contributed by atoms with Crippen LogP contribution >= 0.6 is 11.3 Å². The molecule has 0 aliphatic carbocycles. The molecule has 3 aromatic rings. The van der Waals surface area contributed by atoms with Gasteiger partial charge in [-0.15, -0.1) is 11.3 Å². The van der Waals surface area contributed by atoms with E-state index in [2.05, 4.69) is 15.0 Å². The Morgan fingerprint density at radius 1 is 1.17 bits per heavy atom. The zero-order valence-electron chi connectivity index (χ0n) is 12.5. The van der Waals surface area contributed by atoms with Gasteiger partial charge in [0, 0.05) is 17.8 Å². The normalized spacial score (nSPS) is 11.2. The molecule has 1 N–H and O–H groups in total. The number of aryl methyl sites for hydroxylation is 1. The van der Waals surface area contributed by atoms with Crippen LogP contribution in [0.1, 0.15) is 16.1 Å². The minimum atomic E-state index is -3.94. The van der Waals surface area contributed by atoms with E-state index in [9.17, 15) is 13.2 Å². The molecule has 0 saturated carbocycles. The van der Waals surface area contributed by atoms with Crippen LogP contribution in [0.15, 0.2) is 53.1 Å². The monoisotopic (exact) mass is 360 g/mol. The average Bonchev–Trinajstić information content (AvgIpc) is 3.06. The van der Waals surface area contributed by atoms with Crippen LogP contribution in [0.5, 0.6) is 0 Å². The summed E-state index contributed by atoms with van der Waals surface area (Å²) in [6.45, 7) is 1.85. The van der Waals surface area contributed by atoms with E-state index in [1.807, 2.05) is 11.6 Å². The largest absolute Gasteiger partial charge is 0.284 e. The maximum Gasteiger partial charge on any atom is 0.284 e. The number of sulfonamides is 1. The number of nitrogens with zero attached hydrogens (tertiary/aromatic N) is 3. The van der Waals surface area contributed by atoms with Crippen LogP contribution in [-0.4, -0.2) is 29.3 Å². The second kappa shape index (κ2) is 6.46. The zero-order chi connectivity index (χ0) is 17.2. The lowest BCUT2D eigenvalue weighted by atomic mass is 10.2. The summed E-state index contributed by atoms with van der Waals surface area (Å²) in [4.78, 5) is 24.3. The van der Waals surface area contributed by atoms with Gasteiger partial charge in [0.05, 0.1) is 11.1 Å². The Kier molecular flexibility index (Phi) is 4.36. The van der Waals surface area contributed by atoms with Crippen LogP contribution in [0.3, 0.4) is 0 Å². The number of rotatable bonds is 4. The van der Waals surface area contributed by atoms with Crippen LogP contribution in [0, 0.1) is 6.92 Å². The highest BCUT2D eigenvalue weighted by Gasteiger charge is 2.20. The van der Waals surface area contributed by atoms with E-state index in [0.717, 1.165) is 5.56 Å². The highest BCUT2D eigenvalue weighted by molar-refractivity contribution is 7.90. The van der Waals surface area contributed by atoms with Gasteiger partial charge in [0.15, 0.2) is 0 Å². The minimum Gasteiger partial charge on any atom is -0.266 e. The number of carbonyl (C=O) groups excluding carboxylic acids is 1. The van der Waals surface area contributed by atoms with Crippen molar-refractivity contribution in [2.75, 3.05) is 0 Å². The molecule has 0 saturated heterocycles. The molecule has 0 aliphatic heterocycles. The molecular formula is C15H12N4O3S2. The first-order chi connectivity index (χ1) is 11.5. The molecule has 0 atom stereocenters. The van der Waals surface area contributed by atoms with Crippen molar-refractivity contribution in [1.82, 2.24) is 19.7 Å². The van der Waals surface area contributed by atoms with Crippen LogP contribution in [-0.2, 0) is 10.0 Å². The van der Waals surface area contributed by atoms with Crippen molar-refractivity contribution in [3.8, 4) is 10.7 Å². The molecule has 0 fully saturated rings. The summed E-state index contributed by atoms with van der Waals surface area (Å²) in [5, 5.41) is 1.96. The molecule has 0 unspecified atom stereocenters. The quantitative estimate of drug-likeness (QED) is 0.764. The van der Waals surface area contributed by atoms with Crippen LogP contribution in [0.25, 0.3) is 10.7 Å². The Balaban J connectivity index is 1.80. The first-order valence-corrected chi connectivity index (χ1v) is 9.18. The number of hydrogen-bond donors (Lipinski definition) is 1. The van der Waals surface area contributed by atoms with E-state index in [-0.39, 0.29) is 10.6 Å². The van der Waals surface area contributed by atoms with Crippen molar-refractivity contribution in [3.05, 3.63) is 59.5 Å². The fourth-order valence-electron chi connectivity index (χ4n) is 1.86. The third kappa shape index (κ3) is 3.47. The number of nitrogens with one attached hydrogen (secondary N) is 1. The van der Waals surface area contributed by atoms with Crippen molar-refractivity contribution in [2.24, 2.45) is 0 Å². The molecule has 7 nitrogen and oxygen atoms in total. The number of hydrogen-bond acceptors (Lipinski definition) is 7. The van der Waals surface area contributed by atoms with Gasteiger partial charge in [0.25, 0.3) is 15.9 Å². The Labute approximate surface area is 142 Å². The van der Waals surface area contributed by atoms with Gasteiger partial charge in [-0.25, -0.2) is 18.1 Å². The lowest BCUT2D eigenvalue weighted by molar-refractivity contribution is 0.0977. The van der Waals surface area contributed by atoms with Crippen molar-refractivity contribution < 1.29 is 13.2 Å². The van der Waals surface area contributed by atoms with E-state index in [4.69, 9.17) is 0 Å². The fourth-order valence-corrected chi connectivity index (χ4v) is 3.58. The summed E-state index contributed by atoms with van der Waals surface area (Å²) >= 11 is 1.19. The number of aromatic nitrogens is 3. The topological polar surface area (TPSA) is 102 Å². The number of benzene rings is 1. The van der Waals surface area contributed by atoms with Crippen LogP contribution < -0.4 is 4.72 Å². The molecule has 0 aliphatic rings. The summed E-state index contributed by atoms with van der Waals surface area (Å²) in [5.41, 5.74) is 1.45. The second-order valence-electron chi connectivity index (χ2n) is 4.88. The fraction of sp³-hybridized carbons (Fsp3) is 0.0667. The standard InChI is InChI=1S/C15H12N4O3S2/c1-10-2-4-11(5-3-10)24(21,22)19-14(20)13-9-23-15(18-13)12-8-16-6-7-17-12/h2-9H,1H3,(H,19,20). The van der Waals surface area contributed by atoms with Crippen molar-refractivity contribution in [3.63, 3.8) is 0 Å². The van der Waals surface area contributed by atoms with Gasteiger partial charge in [-0.1, -0.05) is 17.7 Å². The predicted octanol–water partition coefficient (Wildman–Crippen LogP) is 2.03. The molecule has 2 heterocycles. The minimum absolute atomic E-state index is 0.0105. The van der Waals surface area contributed by atoms with E-state index in [1.165, 1.54) is 47.4 Å². The van der Waals surface area contributed by atoms with Crippen molar-refractivity contribution in [2.45, 2.75) is 11.8 Å². The molecule has 0 radical (unpaired) electrons. The summed E-state index contributed by atoms with van der Waals surface area (Å²) < 4.78 is 26.5. The lowest BCUT2D eigenvalue weighted by Crippen LogP contribution is -2.30. The summed E-state index contributed by atoms with van der Waals surface area (Å²) in [6.07, 6.45) is 4.56. The van der Waals surface area contributed by atoms with E-state index in [1.54, 1.807) is 12.1 Å². The van der Waals surface area contributed by atoms with E-state index < -0.39 is 15.9 Å². The Morgan fingerprint density at radius 3 is 2.58 bits per heavy atom. The SMILES string of the molecule is Cc1ccc(S(=O)(=O)NC(=O)c2csc(-c3cnccn3)n2)cc1. The molecule has 2 aromatic heterocycles. The van der Waals surface area contributed by atoms with Gasteiger partial charge in [0.1, 0.15) is 16.4 Å². The maximum absolute atomic E-state index is 12.2. The first-order valence-electron chi connectivity index (χ1n) is 6.81. The Hall–Kier alpha value is -2.65. The van der Waals surface area contributed by atoms with Gasteiger partial charge in [-0.2, -0.15) is 0 Å². The molecular weight excluding hydrogens is 348 g/mol. The van der Waals surface area contributed by atoms with Crippen LogP contribution in [0.4, 0.5) is 0 Å². The third-order valence-electron chi connectivity index (χ3n) is 3.08. The third-order valence-corrected chi connectivity index (χ3v) is 5.29. The molecule has 24 heavy (non-hydrogen) atoms. The molecule has 0 spiro atoms. The second-order valence-corrected chi connectivity index (χ2v) is 7.42. The summed E-state index contributed by atoms with van der Waals surface area (Å²) in [7, 11) is -3.94. The smallest absolute Gasteiger partial charge is 0.266 e. The summed E-state index contributed by atoms with van der Waals surface area (Å²) in [5.74, 6) is -0.790. The predicted molar refractivity (Wildman–Crippen MR) is 89.0 cm³/mol. The molecule has 3 rings (SSSR count). The Bertz CT molecular complexity index is 967. The van der Waals surface area contributed by atoms with Gasteiger partial charge in [-0.3, -0.25) is 14.8 Å². The molecule has 9 heteroatoms.